The van der Waals surface area contributed by atoms with E-state index in [2.05, 4.69) is 48.5 Å². The zero-order valence-corrected chi connectivity index (χ0v) is 24.8. The molecule has 0 unspecified atom stereocenters. The lowest BCUT2D eigenvalue weighted by molar-refractivity contribution is 0.598. The molecule has 2 aliphatic rings. The van der Waals surface area contributed by atoms with Gasteiger partial charge in [-0.1, -0.05) is 109 Å². The van der Waals surface area contributed by atoms with Gasteiger partial charge < -0.3 is 0 Å². The van der Waals surface area contributed by atoms with Crippen LogP contribution in [0.25, 0.3) is 42.4 Å². The van der Waals surface area contributed by atoms with E-state index in [9.17, 15) is 12.6 Å². The standard InChI is InChI=1S/C12H8O2S.C12H8OS.C12H8S/c13-15(14)11-7-3-1-5-9(11)10-6-2-4-8-12(10)15;13-14-11-7-3-1-5-9(11)10-6-2-4-8-12(10)14;1-3-7-11-9(5-1)10-6-2-4-8-12(10)13-11/h1-8H;1-8H;1-8H. The third-order valence-corrected chi connectivity index (χ3v) is 11.9. The van der Waals surface area contributed by atoms with Crippen LogP contribution in [0.3, 0.4) is 0 Å². The molecule has 204 valence electrons. The van der Waals surface area contributed by atoms with Gasteiger partial charge in [-0.15, -0.1) is 11.3 Å². The Morgan fingerprint density at radius 2 is 0.786 bits per heavy atom. The van der Waals surface area contributed by atoms with Crippen LogP contribution in [0, 0.1) is 0 Å². The first-order valence-electron chi connectivity index (χ1n) is 13.4. The lowest BCUT2D eigenvalue weighted by Gasteiger charge is -1.95. The van der Waals surface area contributed by atoms with Gasteiger partial charge in [0.15, 0.2) is 0 Å². The molecule has 7 aromatic rings. The van der Waals surface area contributed by atoms with Crippen molar-refractivity contribution in [2.24, 2.45) is 0 Å². The summed E-state index contributed by atoms with van der Waals surface area (Å²) in [6, 6.07) is 47.1. The van der Waals surface area contributed by atoms with Gasteiger partial charge in [0.2, 0.25) is 9.84 Å². The van der Waals surface area contributed by atoms with Crippen molar-refractivity contribution in [1.29, 1.82) is 0 Å². The van der Waals surface area contributed by atoms with E-state index in [4.69, 9.17) is 0 Å². The van der Waals surface area contributed by atoms with Crippen LogP contribution in [-0.4, -0.2) is 12.6 Å². The highest BCUT2D eigenvalue weighted by molar-refractivity contribution is 7.92. The lowest BCUT2D eigenvalue weighted by atomic mass is 10.1. The van der Waals surface area contributed by atoms with Crippen molar-refractivity contribution in [1.82, 2.24) is 0 Å². The van der Waals surface area contributed by atoms with Crippen molar-refractivity contribution in [3.05, 3.63) is 146 Å². The third-order valence-electron chi connectivity index (χ3n) is 7.39. The number of benzene rings is 6. The van der Waals surface area contributed by atoms with Crippen molar-refractivity contribution in [3.8, 4) is 22.3 Å². The molecular weight excluding hydrogens is 577 g/mol. The summed E-state index contributed by atoms with van der Waals surface area (Å²) in [7, 11) is -4.24. The van der Waals surface area contributed by atoms with E-state index in [0.717, 1.165) is 32.0 Å². The largest absolute Gasteiger partial charge is 0.249 e. The minimum Gasteiger partial charge on any atom is -0.249 e. The summed E-state index contributed by atoms with van der Waals surface area (Å²) in [6.07, 6.45) is 0. The fourth-order valence-electron chi connectivity index (χ4n) is 5.46. The number of fused-ring (bicyclic) bond motifs is 9. The highest BCUT2D eigenvalue weighted by Gasteiger charge is 2.31. The van der Waals surface area contributed by atoms with E-state index in [1.165, 1.54) is 20.2 Å². The number of hydrogen-bond acceptors (Lipinski definition) is 4. The molecule has 0 saturated heterocycles. The summed E-state index contributed by atoms with van der Waals surface area (Å²) in [6.45, 7) is 0. The second-order valence-electron chi connectivity index (χ2n) is 9.85. The predicted molar refractivity (Wildman–Crippen MR) is 173 cm³/mol. The first kappa shape index (κ1) is 26.5. The Balaban J connectivity index is 0.000000103. The maximum absolute atomic E-state index is 12.1. The highest BCUT2D eigenvalue weighted by Crippen LogP contribution is 2.42. The van der Waals surface area contributed by atoms with Crippen LogP contribution >= 0.6 is 11.3 Å². The topological polar surface area (TPSA) is 51.2 Å². The van der Waals surface area contributed by atoms with Crippen molar-refractivity contribution < 1.29 is 12.6 Å². The molecule has 0 radical (unpaired) electrons. The summed E-state index contributed by atoms with van der Waals surface area (Å²) < 4.78 is 38.9. The molecular formula is C36H24O3S3. The van der Waals surface area contributed by atoms with Crippen molar-refractivity contribution in [2.45, 2.75) is 19.6 Å². The second kappa shape index (κ2) is 10.8. The average molecular weight is 601 g/mol. The molecule has 42 heavy (non-hydrogen) atoms. The highest BCUT2D eigenvalue weighted by atomic mass is 32.2. The molecule has 0 bridgehead atoms. The summed E-state index contributed by atoms with van der Waals surface area (Å²) in [5, 5.41) is 2.76. The average Bonchev–Trinajstić information content (AvgIpc) is 3.65. The van der Waals surface area contributed by atoms with Crippen LogP contribution in [0.4, 0.5) is 0 Å². The van der Waals surface area contributed by atoms with E-state index in [1.807, 2.05) is 84.1 Å². The normalized spacial score (nSPS) is 13.6. The SMILES string of the molecule is O=S1(=O)c2ccccc2-c2ccccc21.O=S1c2ccccc2-c2ccccc21.c1ccc2c(c1)sc1ccccc12. The fourth-order valence-corrected chi connectivity index (χ4v) is 9.65. The molecule has 2 aliphatic heterocycles. The molecule has 0 spiro atoms. The Labute approximate surface area is 251 Å². The van der Waals surface area contributed by atoms with Crippen molar-refractivity contribution >= 4 is 52.1 Å². The first-order valence-corrected chi connectivity index (χ1v) is 16.9. The second-order valence-corrected chi connectivity index (χ2v) is 14.2. The van der Waals surface area contributed by atoms with Gasteiger partial charge in [-0.25, -0.2) is 12.6 Å². The molecule has 6 heteroatoms. The minimum atomic E-state index is -3.26. The van der Waals surface area contributed by atoms with Crippen LogP contribution in [0.2, 0.25) is 0 Å². The molecule has 0 atom stereocenters. The minimum absolute atomic E-state index is 0.422. The van der Waals surface area contributed by atoms with E-state index in [0.29, 0.717) is 9.79 Å². The molecule has 0 N–H and O–H groups in total. The van der Waals surface area contributed by atoms with Crippen LogP contribution < -0.4 is 0 Å². The number of rotatable bonds is 0. The van der Waals surface area contributed by atoms with Gasteiger partial charge in [-0.05, 0) is 47.5 Å². The molecule has 1 aromatic heterocycles. The first-order chi connectivity index (χ1) is 20.5. The van der Waals surface area contributed by atoms with E-state index < -0.39 is 20.6 Å². The number of hydrogen-bond donors (Lipinski definition) is 0. The van der Waals surface area contributed by atoms with Gasteiger partial charge in [0, 0.05) is 31.3 Å². The van der Waals surface area contributed by atoms with Gasteiger partial charge in [-0.2, -0.15) is 0 Å². The quantitative estimate of drug-likeness (QED) is 0.174. The zero-order chi connectivity index (χ0) is 28.7. The molecule has 3 nitrogen and oxygen atoms in total. The van der Waals surface area contributed by atoms with Crippen molar-refractivity contribution in [3.63, 3.8) is 0 Å². The van der Waals surface area contributed by atoms with Crippen LogP contribution in [0.15, 0.2) is 165 Å². The van der Waals surface area contributed by atoms with Crippen LogP contribution in [0.1, 0.15) is 0 Å². The third kappa shape index (κ3) is 4.49. The Kier molecular flexibility index (Phi) is 6.82. The van der Waals surface area contributed by atoms with Gasteiger partial charge in [0.1, 0.15) is 0 Å². The molecule has 3 heterocycles. The molecule has 0 fully saturated rings. The maximum Gasteiger partial charge on any atom is 0.207 e. The predicted octanol–water partition coefficient (Wildman–Crippen LogP) is 9.39. The summed E-state index contributed by atoms with van der Waals surface area (Å²) in [5.74, 6) is 0. The molecule has 0 aliphatic carbocycles. The van der Waals surface area contributed by atoms with Crippen molar-refractivity contribution in [2.75, 3.05) is 0 Å². The van der Waals surface area contributed by atoms with E-state index >= 15 is 0 Å². The molecule has 9 rings (SSSR count). The Hall–Kier alpha value is -4.36. The van der Waals surface area contributed by atoms with E-state index in [1.54, 1.807) is 24.3 Å². The molecule has 6 aromatic carbocycles. The Bertz CT molecular complexity index is 2100. The Morgan fingerprint density at radius 3 is 1.26 bits per heavy atom. The summed E-state index contributed by atoms with van der Waals surface area (Å²) in [5.41, 5.74) is 3.85. The van der Waals surface area contributed by atoms with Gasteiger partial charge in [-0.3, -0.25) is 0 Å². The lowest BCUT2D eigenvalue weighted by Crippen LogP contribution is -1.95. The maximum atomic E-state index is 12.1. The summed E-state index contributed by atoms with van der Waals surface area (Å²) in [4.78, 5) is 2.72. The van der Waals surface area contributed by atoms with E-state index in [-0.39, 0.29) is 0 Å². The summed E-state index contributed by atoms with van der Waals surface area (Å²) >= 11 is 1.86. The van der Waals surface area contributed by atoms with Gasteiger partial charge >= 0.3 is 0 Å². The van der Waals surface area contributed by atoms with Crippen LogP contribution in [0.5, 0.6) is 0 Å². The van der Waals surface area contributed by atoms with Gasteiger partial charge in [0.05, 0.1) is 30.4 Å². The monoisotopic (exact) mass is 600 g/mol. The molecule has 0 saturated carbocycles. The molecule has 0 amide bonds. The van der Waals surface area contributed by atoms with Crippen LogP contribution in [-0.2, 0) is 20.6 Å². The zero-order valence-electron chi connectivity index (χ0n) is 22.3. The fraction of sp³-hybridized carbons (Fsp3) is 0. The van der Waals surface area contributed by atoms with Gasteiger partial charge in [0.25, 0.3) is 0 Å². The number of sulfone groups is 1. The Morgan fingerprint density at radius 1 is 0.429 bits per heavy atom. The number of thiophene rings is 1. The smallest absolute Gasteiger partial charge is 0.207 e.